The summed E-state index contributed by atoms with van der Waals surface area (Å²) in [5, 5.41) is 8.79. The summed E-state index contributed by atoms with van der Waals surface area (Å²) in [5.41, 5.74) is 2.52. The SMILES string of the molecule is Cc1ccc(C(=O)N2CCCCC2C)cc1C#CCO. The van der Waals surface area contributed by atoms with Gasteiger partial charge in [-0.15, -0.1) is 0 Å². The fourth-order valence-electron chi connectivity index (χ4n) is 2.59. The highest BCUT2D eigenvalue weighted by molar-refractivity contribution is 5.95. The third-order valence-corrected chi connectivity index (χ3v) is 3.85. The minimum absolute atomic E-state index is 0.0873. The molecule has 0 saturated carbocycles. The Morgan fingerprint density at radius 3 is 2.95 bits per heavy atom. The number of aliphatic hydroxyl groups is 1. The van der Waals surface area contributed by atoms with Crippen LogP contribution in [0.15, 0.2) is 18.2 Å². The average molecular weight is 271 g/mol. The van der Waals surface area contributed by atoms with E-state index in [4.69, 9.17) is 5.11 Å². The van der Waals surface area contributed by atoms with E-state index in [-0.39, 0.29) is 12.5 Å². The highest BCUT2D eigenvalue weighted by Crippen LogP contribution is 2.20. The fraction of sp³-hybridized carbons (Fsp3) is 0.471. The minimum Gasteiger partial charge on any atom is -0.384 e. The zero-order valence-corrected chi connectivity index (χ0v) is 12.1. The van der Waals surface area contributed by atoms with Gasteiger partial charge >= 0.3 is 0 Å². The van der Waals surface area contributed by atoms with Crippen LogP contribution in [-0.2, 0) is 0 Å². The topological polar surface area (TPSA) is 40.5 Å². The van der Waals surface area contributed by atoms with E-state index in [1.807, 2.05) is 30.0 Å². The summed E-state index contributed by atoms with van der Waals surface area (Å²) in [7, 11) is 0. The second-order valence-electron chi connectivity index (χ2n) is 5.33. The summed E-state index contributed by atoms with van der Waals surface area (Å²) >= 11 is 0. The van der Waals surface area contributed by atoms with Gasteiger partial charge in [0.1, 0.15) is 6.61 Å². The highest BCUT2D eigenvalue weighted by Gasteiger charge is 2.24. The number of amides is 1. The van der Waals surface area contributed by atoms with Crippen molar-refractivity contribution in [3.05, 3.63) is 34.9 Å². The van der Waals surface area contributed by atoms with Gasteiger partial charge in [-0.1, -0.05) is 17.9 Å². The number of carbonyl (C=O) groups excluding carboxylic acids is 1. The van der Waals surface area contributed by atoms with Crippen LogP contribution in [0.25, 0.3) is 0 Å². The average Bonchev–Trinajstić information content (AvgIpc) is 2.46. The largest absolute Gasteiger partial charge is 0.384 e. The molecule has 1 aliphatic rings. The van der Waals surface area contributed by atoms with Crippen LogP contribution in [0.3, 0.4) is 0 Å². The van der Waals surface area contributed by atoms with Crippen molar-refractivity contribution < 1.29 is 9.90 Å². The third kappa shape index (κ3) is 3.20. The van der Waals surface area contributed by atoms with E-state index in [0.717, 1.165) is 30.5 Å². The maximum atomic E-state index is 12.6. The Hall–Kier alpha value is -1.79. The van der Waals surface area contributed by atoms with Crippen LogP contribution in [0, 0.1) is 18.8 Å². The van der Waals surface area contributed by atoms with Gasteiger partial charge in [-0.25, -0.2) is 0 Å². The van der Waals surface area contributed by atoms with Crippen molar-refractivity contribution in [2.75, 3.05) is 13.2 Å². The van der Waals surface area contributed by atoms with Gasteiger partial charge in [-0.2, -0.15) is 0 Å². The van der Waals surface area contributed by atoms with E-state index in [1.165, 1.54) is 6.42 Å². The van der Waals surface area contributed by atoms with Crippen LogP contribution in [0.4, 0.5) is 0 Å². The lowest BCUT2D eigenvalue weighted by atomic mass is 10.0. The monoisotopic (exact) mass is 271 g/mol. The second-order valence-corrected chi connectivity index (χ2v) is 5.33. The smallest absolute Gasteiger partial charge is 0.254 e. The Balaban J connectivity index is 2.25. The molecule has 1 aliphatic heterocycles. The molecular formula is C17H21NO2. The normalized spacial score (nSPS) is 18.4. The van der Waals surface area contributed by atoms with Crippen LogP contribution < -0.4 is 0 Å². The number of aryl methyl sites for hydroxylation is 1. The highest BCUT2D eigenvalue weighted by atomic mass is 16.2. The summed E-state index contributed by atoms with van der Waals surface area (Å²) in [6.07, 6.45) is 3.36. The summed E-state index contributed by atoms with van der Waals surface area (Å²) in [5.74, 6) is 5.63. The molecule has 0 bridgehead atoms. The molecule has 106 valence electrons. The predicted octanol–water partition coefficient (Wildman–Crippen LogP) is 2.35. The molecule has 0 radical (unpaired) electrons. The van der Waals surface area contributed by atoms with Gasteiger partial charge in [0.25, 0.3) is 5.91 Å². The van der Waals surface area contributed by atoms with Gasteiger partial charge in [-0.3, -0.25) is 4.79 Å². The van der Waals surface area contributed by atoms with E-state index < -0.39 is 0 Å². The van der Waals surface area contributed by atoms with Gasteiger partial charge in [0.05, 0.1) is 0 Å². The first kappa shape index (κ1) is 14.6. The van der Waals surface area contributed by atoms with Crippen molar-refractivity contribution in [2.45, 2.75) is 39.2 Å². The molecule has 20 heavy (non-hydrogen) atoms. The van der Waals surface area contributed by atoms with E-state index in [9.17, 15) is 4.79 Å². The number of rotatable bonds is 1. The Morgan fingerprint density at radius 2 is 2.25 bits per heavy atom. The number of likely N-dealkylation sites (tertiary alicyclic amines) is 1. The van der Waals surface area contributed by atoms with Crippen LogP contribution in [0.1, 0.15) is 47.7 Å². The predicted molar refractivity (Wildman–Crippen MR) is 79.5 cm³/mol. The van der Waals surface area contributed by atoms with Crippen molar-refractivity contribution in [1.29, 1.82) is 0 Å². The molecule has 2 rings (SSSR count). The molecule has 1 aromatic carbocycles. The van der Waals surface area contributed by atoms with Crippen LogP contribution in [0.5, 0.6) is 0 Å². The zero-order valence-electron chi connectivity index (χ0n) is 12.1. The lowest BCUT2D eigenvalue weighted by Gasteiger charge is -2.33. The lowest BCUT2D eigenvalue weighted by Crippen LogP contribution is -2.42. The molecule has 0 spiro atoms. The molecule has 0 aliphatic carbocycles. The number of nitrogens with zero attached hydrogens (tertiary/aromatic N) is 1. The number of piperidine rings is 1. The molecule has 3 nitrogen and oxygen atoms in total. The van der Waals surface area contributed by atoms with E-state index >= 15 is 0 Å². The molecule has 1 atom stereocenters. The maximum Gasteiger partial charge on any atom is 0.254 e. The van der Waals surface area contributed by atoms with Gasteiger partial charge in [0, 0.05) is 23.7 Å². The van der Waals surface area contributed by atoms with Crippen molar-refractivity contribution in [1.82, 2.24) is 4.90 Å². The summed E-state index contributed by atoms with van der Waals surface area (Å²) in [4.78, 5) is 14.5. The van der Waals surface area contributed by atoms with Gasteiger partial charge < -0.3 is 10.0 Å². The Kier molecular flexibility index (Phi) is 4.81. The van der Waals surface area contributed by atoms with Gasteiger partial charge in [0.15, 0.2) is 0 Å². The standard InChI is InChI=1S/C17H21NO2/c1-13-8-9-16(12-15(13)7-5-11-19)17(20)18-10-4-3-6-14(18)2/h8-9,12,14,19H,3-4,6,10-11H2,1-2H3. The first-order valence-corrected chi connectivity index (χ1v) is 7.15. The minimum atomic E-state index is -0.166. The zero-order chi connectivity index (χ0) is 14.5. The Bertz CT molecular complexity index is 554. The van der Waals surface area contributed by atoms with Crippen molar-refractivity contribution in [3.63, 3.8) is 0 Å². The van der Waals surface area contributed by atoms with Crippen molar-refractivity contribution in [2.24, 2.45) is 0 Å². The number of hydrogen-bond donors (Lipinski definition) is 1. The second kappa shape index (κ2) is 6.58. The molecule has 1 heterocycles. The molecule has 1 N–H and O–H groups in total. The molecule has 1 amide bonds. The Labute approximate surface area is 120 Å². The summed E-state index contributed by atoms with van der Waals surface area (Å²) in [6.45, 7) is 4.74. The van der Waals surface area contributed by atoms with Gasteiger partial charge in [0.2, 0.25) is 0 Å². The van der Waals surface area contributed by atoms with E-state index in [0.29, 0.717) is 11.6 Å². The molecule has 1 aromatic rings. The molecule has 1 fully saturated rings. The summed E-state index contributed by atoms with van der Waals surface area (Å²) in [6, 6.07) is 5.93. The molecular weight excluding hydrogens is 250 g/mol. The first-order valence-electron chi connectivity index (χ1n) is 7.15. The lowest BCUT2D eigenvalue weighted by molar-refractivity contribution is 0.0635. The van der Waals surface area contributed by atoms with Crippen LogP contribution in [0.2, 0.25) is 0 Å². The van der Waals surface area contributed by atoms with Crippen molar-refractivity contribution in [3.8, 4) is 11.8 Å². The molecule has 1 unspecified atom stereocenters. The Morgan fingerprint density at radius 1 is 1.45 bits per heavy atom. The third-order valence-electron chi connectivity index (χ3n) is 3.85. The van der Waals surface area contributed by atoms with E-state index in [2.05, 4.69) is 18.8 Å². The number of benzene rings is 1. The fourth-order valence-corrected chi connectivity index (χ4v) is 2.59. The summed E-state index contributed by atoms with van der Waals surface area (Å²) < 4.78 is 0. The quantitative estimate of drug-likeness (QED) is 0.797. The molecule has 0 aromatic heterocycles. The first-order chi connectivity index (χ1) is 9.63. The number of hydrogen-bond acceptors (Lipinski definition) is 2. The molecule has 1 saturated heterocycles. The van der Waals surface area contributed by atoms with Crippen molar-refractivity contribution >= 4 is 5.91 Å². The number of carbonyl (C=O) groups is 1. The van der Waals surface area contributed by atoms with Crippen LogP contribution >= 0.6 is 0 Å². The maximum absolute atomic E-state index is 12.6. The van der Waals surface area contributed by atoms with Gasteiger partial charge in [-0.05, 0) is 50.8 Å². The molecule has 3 heteroatoms. The number of aliphatic hydroxyl groups excluding tert-OH is 1. The van der Waals surface area contributed by atoms with Crippen LogP contribution in [-0.4, -0.2) is 35.1 Å². The van der Waals surface area contributed by atoms with E-state index in [1.54, 1.807) is 0 Å².